The molecule has 0 spiro atoms. The van der Waals surface area contributed by atoms with Gasteiger partial charge in [-0.2, -0.15) is 5.26 Å². The minimum atomic E-state index is -1.48. The zero-order valence-corrected chi connectivity index (χ0v) is 9.21. The zero-order chi connectivity index (χ0) is 13.4. The van der Waals surface area contributed by atoms with E-state index in [1.807, 2.05) is 6.07 Å². The van der Waals surface area contributed by atoms with E-state index in [9.17, 15) is 14.4 Å². The lowest BCUT2D eigenvalue weighted by Gasteiger charge is -2.19. The summed E-state index contributed by atoms with van der Waals surface area (Å²) in [5.41, 5.74) is 0. The second-order valence-electron chi connectivity index (χ2n) is 3.27. The van der Waals surface area contributed by atoms with Gasteiger partial charge in [0, 0.05) is 13.6 Å². The lowest BCUT2D eigenvalue weighted by molar-refractivity contribution is -0.145. The van der Waals surface area contributed by atoms with Crippen LogP contribution in [0.4, 0.5) is 4.79 Å². The normalized spacial score (nSPS) is 11.1. The van der Waals surface area contributed by atoms with Gasteiger partial charge < -0.3 is 20.4 Å². The molecule has 0 fully saturated rings. The number of carbonyl (C=O) groups excluding carboxylic acids is 1. The summed E-state index contributed by atoms with van der Waals surface area (Å²) in [5, 5.41) is 27.5. The van der Waals surface area contributed by atoms with Crippen molar-refractivity contribution in [1.82, 2.24) is 10.2 Å². The van der Waals surface area contributed by atoms with E-state index in [1.54, 1.807) is 0 Å². The number of carboxylic acids is 2. The molecule has 0 aromatic carbocycles. The molecular weight excluding hydrogens is 230 g/mol. The molecule has 8 nitrogen and oxygen atoms in total. The van der Waals surface area contributed by atoms with Crippen LogP contribution in [-0.4, -0.2) is 52.7 Å². The van der Waals surface area contributed by atoms with Crippen LogP contribution >= 0.6 is 0 Å². The lowest BCUT2D eigenvalue weighted by atomic mass is 10.2. The average molecular weight is 243 g/mol. The van der Waals surface area contributed by atoms with Crippen molar-refractivity contribution in [2.24, 2.45) is 0 Å². The van der Waals surface area contributed by atoms with Crippen LogP contribution in [0.1, 0.15) is 12.8 Å². The maximum Gasteiger partial charge on any atom is 0.326 e. The van der Waals surface area contributed by atoms with Gasteiger partial charge in [-0.3, -0.25) is 4.79 Å². The van der Waals surface area contributed by atoms with Gasteiger partial charge in [-0.1, -0.05) is 0 Å². The van der Waals surface area contributed by atoms with E-state index in [0.29, 0.717) is 0 Å². The van der Waals surface area contributed by atoms with E-state index in [2.05, 4.69) is 5.32 Å². The van der Waals surface area contributed by atoms with Crippen LogP contribution in [0.15, 0.2) is 0 Å². The Kier molecular flexibility index (Phi) is 6.10. The highest BCUT2D eigenvalue weighted by molar-refractivity contribution is 5.86. The molecule has 0 saturated heterocycles. The highest BCUT2D eigenvalue weighted by Crippen LogP contribution is 1.96. The molecule has 17 heavy (non-hydrogen) atoms. The molecular formula is C9H13N3O5. The number of aliphatic carboxylic acids is 2. The van der Waals surface area contributed by atoms with Crippen molar-refractivity contribution >= 4 is 18.0 Å². The van der Waals surface area contributed by atoms with Gasteiger partial charge in [0.05, 0.1) is 18.9 Å². The Morgan fingerprint density at radius 3 is 2.41 bits per heavy atom. The first-order valence-corrected chi connectivity index (χ1v) is 4.71. The van der Waals surface area contributed by atoms with Gasteiger partial charge >= 0.3 is 18.0 Å². The molecule has 0 unspecified atom stereocenters. The summed E-state index contributed by atoms with van der Waals surface area (Å²) >= 11 is 0. The van der Waals surface area contributed by atoms with Crippen molar-refractivity contribution in [3.63, 3.8) is 0 Å². The molecule has 0 radical (unpaired) electrons. The Hall–Kier alpha value is -2.30. The van der Waals surface area contributed by atoms with E-state index in [0.717, 1.165) is 4.90 Å². The van der Waals surface area contributed by atoms with Crippen LogP contribution in [0.5, 0.6) is 0 Å². The maximum absolute atomic E-state index is 11.4. The number of amides is 2. The van der Waals surface area contributed by atoms with Crippen LogP contribution in [0.25, 0.3) is 0 Å². The second-order valence-corrected chi connectivity index (χ2v) is 3.27. The first kappa shape index (κ1) is 14.7. The second kappa shape index (κ2) is 7.05. The fourth-order valence-corrected chi connectivity index (χ4v) is 0.953. The summed E-state index contributed by atoms with van der Waals surface area (Å²) < 4.78 is 0. The number of carbonyl (C=O) groups is 3. The number of nitrogens with zero attached hydrogens (tertiary/aromatic N) is 2. The van der Waals surface area contributed by atoms with Crippen LogP contribution in [0.3, 0.4) is 0 Å². The predicted molar refractivity (Wildman–Crippen MR) is 55.1 cm³/mol. The van der Waals surface area contributed by atoms with Crippen molar-refractivity contribution in [3.05, 3.63) is 0 Å². The third kappa shape index (κ3) is 5.99. The Labute approximate surface area is 97.4 Å². The fourth-order valence-electron chi connectivity index (χ4n) is 0.953. The number of hydrogen-bond acceptors (Lipinski definition) is 4. The molecule has 0 rings (SSSR count). The van der Waals surface area contributed by atoms with Crippen molar-refractivity contribution in [3.8, 4) is 6.07 Å². The number of rotatable bonds is 6. The summed E-state index contributed by atoms with van der Waals surface area (Å²) in [6, 6.07) is -0.380. The SMILES string of the molecule is CN(CCC#N)C(=O)N[C@H](CC(=O)O)C(=O)O. The molecule has 2 amide bonds. The largest absolute Gasteiger partial charge is 0.481 e. The van der Waals surface area contributed by atoms with Gasteiger partial charge in [0.15, 0.2) is 0 Å². The number of hydrogen-bond donors (Lipinski definition) is 3. The minimum absolute atomic E-state index is 0.112. The van der Waals surface area contributed by atoms with Crippen molar-refractivity contribution in [2.45, 2.75) is 18.9 Å². The quantitative estimate of drug-likeness (QED) is 0.574. The molecule has 0 saturated carbocycles. The number of nitrogens with one attached hydrogen (secondary N) is 1. The van der Waals surface area contributed by atoms with Gasteiger partial charge in [0.2, 0.25) is 0 Å². The Morgan fingerprint density at radius 1 is 1.41 bits per heavy atom. The highest BCUT2D eigenvalue weighted by atomic mass is 16.4. The molecule has 0 aliphatic rings. The molecule has 0 heterocycles. The molecule has 1 atom stereocenters. The topological polar surface area (TPSA) is 131 Å². The number of carboxylic acid groups (broad SMARTS) is 2. The fraction of sp³-hybridized carbons (Fsp3) is 0.556. The zero-order valence-electron chi connectivity index (χ0n) is 9.21. The Morgan fingerprint density at radius 2 is 2.00 bits per heavy atom. The van der Waals surface area contributed by atoms with Crippen LogP contribution in [0, 0.1) is 11.3 Å². The van der Waals surface area contributed by atoms with E-state index < -0.39 is 30.4 Å². The third-order valence-corrected chi connectivity index (χ3v) is 1.88. The van der Waals surface area contributed by atoms with E-state index in [1.165, 1.54) is 7.05 Å². The van der Waals surface area contributed by atoms with Crippen LogP contribution in [0.2, 0.25) is 0 Å². The van der Waals surface area contributed by atoms with Gasteiger partial charge in [0.25, 0.3) is 0 Å². The molecule has 0 aliphatic heterocycles. The summed E-state index contributed by atoms with van der Waals surface area (Å²) in [5.74, 6) is -2.74. The van der Waals surface area contributed by atoms with E-state index >= 15 is 0 Å². The van der Waals surface area contributed by atoms with Crippen LogP contribution in [-0.2, 0) is 9.59 Å². The molecule has 0 aromatic heterocycles. The highest BCUT2D eigenvalue weighted by Gasteiger charge is 2.24. The first-order valence-electron chi connectivity index (χ1n) is 4.71. The monoisotopic (exact) mass is 243 g/mol. The Balaban J connectivity index is 4.35. The summed E-state index contributed by atoms with van der Waals surface area (Å²) in [7, 11) is 1.38. The Bertz CT molecular complexity index is 349. The molecule has 0 aliphatic carbocycles. The van der Waals surface area contributed by atoms with Gasteiger partial charge in [-0.05, 0) is 0 Å². The molecule has 8 heteroatoms. The number of nitriles is 1. The van der Waals surface area contributed by atoms with E-state index in [4.69, 9.17) is 15.5 Å². The third-order valence-electron chi connectivity index (χ3n) is 1.88. The van der Waals surface area contributed by atoms with E-state index in [-0.39, 0.29) is 13.0 Å². The average Bonchev–Trinajstić information content (AvgIpc) is 2.23. The first-order chi connectivity index (χ1) is 7.88. The summed E-state index contributed by atoms with van der Waals surface area (Å²) in [6.45, 7) is 0.141. The standard InChI is InChI=1S/C9H13N3O5/c1-12(4-2-3-10)9(17)11-6(8(15)16)5-7(13)14/h6H,2,4-5H2,1H3,(H,11,17)(H,13,14)(H,15,16)/t6-/m1/s1. The predicted octanol–water partition coefficient (Wildman–Crippen LogP) is -0.531. The smallest absolute Gasteiger partial charge is 0.326 e. The van der Waals surface area contributed by atoms with Gasteiger partial charge in [0.1, 0.15) is 6.04 Å². The van der Waals surface area contributed by atoms with Crippen molar-refractivity contribution < 1.29 is 24.6 Å². The molecule has 94 valence electrons. The van der Waals surface area contributed by atoms with Crippen molar-refractivity contribution in [2.75, 3.05) is 13.6 Å². The van der Waals surface area contributed by atoms with Crippen LogP contribution < -0.4 is 5.32 Å². The molecule has 3 N–H and O–H groups in total. The maximum atomic E-state index is 11.4. The summed E-state index contributed by atoms with van der Waals surface area (Å²) in [4.78, 5) is 33.5. The lowest BCUT2D eigenvalue weighted by Crippen LogP contribution is -2.47. The molecule has 0 aromatic rings. The summed E-state index contributed by atoms with van der Waals surface area (Å²) in [6.07, 6.45) is -0.590. The number of urea groups is 1. The van der Waals surface area contributed by atoms with Gasteiger partial charge in [-0.15, -0.1) is 0 Å². The van der Waals surface area contributed by atoms with Crippen molar-refractivity contribution in [1.29, 1.82) is 5.26 Å². The minimum Gasteiger partial charge on any atom is -0.481 e. The molecule has 0 bridgehead atoms. The van der Waals surface area contributed by atoms with Gasteiger partial charge in [-0.25, -0.2) is 9.59 Å².